The first-order valence-corrected chi connectivity index (χ1v) is 8.33. The number of hydrogen-bond donors (Lipinski definition) is 1. The maximum atomic E-state index is 9.25. The molecule has 22 heavy (non-hydrogen) atoms. The highest BCUT2D eigenvalue weighted by Crippen LogP contribution is 2.16. The minimum Gasteiger partial charge on any atom is -0.394 e. The highest BCUT2D eigenvalue weighted by Gasteiger charge is 2.26. The van der Waals surface area contributed by atoms with E-state index in [0.29, 0.717) is 24.5 Å². The van der Waals surface area contributed by atoms with Crippen molar-refractivity contribution in [1.29, 1.82) is 0 Å². The Balaban J connectivity index is 1.88. The molecule has 0 aliphatic carbocycles. The van der Waals surface area contributed by atoms with Crippen molar-refractivity contribution in [2.45, 2.75) is 59.4 Å². The Kier molecular flexibility index (Phi) is 6.35. The number of aromatic nitrogens is 3. The van der Waals surface area contributed by atoms with Crippen LogP contribution in [0.5, 0.6) is 0 Å². The first-order chi connectivity index (χ1) is 10.5. The molecule has 6 nitrogen and oxygen atoms in total. The standard InChI is InChI=1S/C16H30N4O2/c1-12(2)5-13(3)6-20-8-15(17-18-20)7-19-9-16(10-21)22-11-14(19)4/h8,12-14,16,21H,5-7,9-11H2,1-4H3. The van der Waals surface area contributed by atoms with Crippen LogP contribution < -0.4 is 0 Å². The van der Waals surface area contributed by atoms with Gasteiger partial charge in [-0.25, -0.2) is 0 Å². The summed E-state index contributed by atoms with van der Waals surface area (Å²) in [6.45, 7) is 12.1. The van der Waals surface area contributed by atoms with Crippen molar-refractivity contribution >= 4 is 0 Å². The molecule has 0 bridgehead atoms. The van der Waals surface area contributed by atoms with Gasteiger partial charge in [0.1, 0.15) is 0 Å². The molecule has 1 fully saturated rings. The Morgan fingerprint density at radius 1 is 1.41 bits per heavy atom. The number of aliphatic hydroxyl groups is 1. The fraction of sp³-hybridized carbons (Fsp3) is 0.875. The summed E-state index contributed by atoms with van der Waals surface area (Å²) in [5, 5.41) is 17.8. The molecule has 0 aromatic carbocycles. The summed E-state index contributed by atoms with van der Waals surface area (Å²) < 4.78 is 7.52. The zero-order valence-electron chi connectivity index (χ0n) is 14.3. The van der Waals surface area contributed by atoms with E-state index in [1.807, 2.05) is 10.9 Å². The van der Waals surface area contributed by atoms with Crippen LogP contribution in [0.15, 0.2) is 6.20 Å². The lowest BCUT2D eigenvalue weighted by molar-refractivity contribution is -0.0808. The molecule has 1 saturated heterocycles. The third-order valence-electron chi connectivity index (χ3n) is 4.16. The Morgan fingerprint density at radius 2 is 2.18 bits per heavy atom. The fourth-order valence-electron chi connectivity index (χ4n) is 3.11. The van der Waals surface area contributed by atoms with E-state index in [1.165, 1.54) is 6.42 Å². The molecule has 0 spiro atoms. The molecule has 2 rings (SSSR count). The topological polar surface area (TPSA) is 63.4 Å². The lowest BCUT2D eigenvalue weighted by atomic mass is 9.99. The van der Waals surface area contributed by atoms with Gasteiger partial charge in [0.25, 0.3) is 0 Å². The summed E-state index contributed by atoms with van der Waals surface area (Å²) in [5.74, 6) is 1.32. The van der Waals surface area contributed by atoms with Gasteiger partial charge in [-0.05, 0) is 25.2 Å². The van der Waals surface area contributed by atoms with Crippen molar-refractivity contribution < 1.29 is 9.84 Å². The summed E-state index contributed by atoms with van der Waals surface area (Å²) >= 11 is 0. The highest BCUT2D eigenvalue weighted by molar-refractivity contribution is 4.94. The van der Waals surface area contributed by atoms with Crippen LogP contribution >= 0.6 is 0 Å². The molecule has 1 aliphatic heterocycles. The molecule has 126 valence electrons. The Bertz CT molecular complexity index is 449. The van der Waals surface area contributed by atoms with Gasteiger partial charge in [0, 0.05) is 31.9 Å². The normalized spacial score (nSPS) is 24.8. The van der Waals surface area contributed by atoms with E-state index < -0.39 is 0 Å². The Hall–Kier alpha value is -0.980. The Morgan fingerprint density at radius 3 is 2.86 bits per heavy atom. The number of morpholine rings is 1. The first-order valence-electron chi connectivity index (χ1n) is 8.33. The quantitative estimate of drug-likeness (QED) is 0.828. The summed E-state index contributed by atoms with van der Waals surface area (Å²) in [5.41, 5.74) is 0.988. The van der Waals surface area contributed by atoms with Crippen molar-refractivity contribution in [3.8, 4) is 0 Å². The average molecular weight is 310 g/mol. The van der Waals surface area contributed by atoms with Crippen molar-refractivity contribution in [2.24, 2.45) is 11.8 Å². The number of ether oxygens (including phenoxy) is 1. The molecule has 1 aromatic heterocycles. The smallest absolute Gasteiger partial charge is 0.0967 e. The zero-order valence-corrected chi connectivity index (χ0v) is 14.3. The van der Waals surface area contributed by atoms with Gasteiger partial charge in [0.15, 0.2) is 0 Å². The van der Waals surface area contributed by atoms with Crippen LogP contribution in [0.1, 0.15) is 39.8 Å². The van der Waals surface area contributed by atoms with Crippen molar-refractivity contribution in [1.82, 2.24) is 19.9 Å². The SMILES string of the molecule is CC(C)CC(C)Cn1cc(CN2CC(CO)OCC2C)nn1. The third-order valence-corrected chi connectivity index (χ3v) is 4.16. The van der Waals surface area contributed by atoms with E-state index in [-0.39, 0.29) is 12.7 Å². The van der Waals surface area contributed by atoms with E-state index in [1.54, 1.807) is 0 Å². The molecule has 1 N–H and O–H groups in total. The van der Waals surface area contributed by atoms with Gasteiger partial charge >= 0.3 is 0 Å². The van der Waals surface area contributed by atoms with Gasteiger partial charge in [-0.15, -0.1) is 5.10 Å². The maximum Gasteiger partial charge on any atom is 0.0967 e. The van der Waals surface area contributed by atoms with Gasteiger partial charge in [-0.2, -0.15) is 0 Å². The van der Waals surface area contributed by atoms with E-state index in [4.69, 9.17) is 4.74 Å². The lowest BCUT2D eigenvalue weighted by Crippen LogP contribution is -2.48. The van der Waals surface area contributed by atoms with Gasteiger partial charge in [0.2, 0.25) is 0 Å². The molecule has 1 aliphatic rings. The second-order valence-corrected chi connectivity index (χ2v) is 7.08. The molecular weight excluding hydrogens is 280 g/mol. The predicted octanol–water partition coefficient (Wildman–Crippen LogP) is 1.54. The van der Waals surface area contributed by atoms with Crippen LogP contribution in [0, 0.1) is 11.8 Å². The number of nitrogens with zero attached hydrogens (tertiary/aromatic N) is 4. The molecule has 6 heteroatoms. The van der Waals surface area contributed by atoms with Crippen molar-refractivity contribution in [3.05, 3.63) is 11.9 Å². The van der Waals surface area contributed by atoms with Crippen LogP contribution in [0.25, 0.3) is 0 Å². The van der Waals surface area contributed by atoms with E-state index >= 15 is 0 Å². The summed E-state index contributed by atoms with van der Waals surface area (Å²) in [6, 6.07) is 0.341. The second kappa shape index (κ2) is 8.04. The van der Waals surface area contributed by atoms with Crippen molar-refractivity contribution in [3.63, 3.8) is 0 Å². The van der Waals surface area contributed by atoms with Crippen LogP contribution in [0.3, 0.4) is 0 Å². The maximum absolute atomic E-state index is 9.25. The summed E-state index contributed by atoms with van der Waals surface area (Å²) in [6.07, 6.45) is 3.17. The van der Waals surface area contributed by atoms with Gasteiger partial charge in [0.05, 0.1) is 25.0 Å². The van der Waals surface area contributed by atoms with Crippen LogP contribution in [0.4, 0.5) is 0 Å². The number of hydrogen-bond acceptors (Lipinski definition) is 5. The Labute approximate surface area is 133 Å². The predicted molar refractivity (Wildman–Crippen MR) is 85.3 cm³/mol. The largest absolute Gasteiger partial charge is 0.394 e. The zero-order chi connectivity index (χ0) is 16.1. The minimum absolute atomic E-state index is 0.0721. The van der Waals surface area contributed by atoms with Crippen molar-refractivity contribution in [2.75, 3.05) is 19.8 Å². The number of rotatable bonds is 7. The molecule has 1 aromatic rings. The van der Waals surface area contributed by atoms with Crippen LogP contribution in [0.2, 0.25) is 0 Å². The van der Waals surface area contributed by atoms with E-state index in [2.05, 4.69) is 42.9 Å². The molecule has 0 saturated carbocycles. The highest BCUT2D eigenvalue weighted by atomic mass is 16.5. The van der Waals surface area contributed by atoms with E-state index in [9.17, 15) is 5.11 Å². The van der Waals surface area contributed by atoms with Gasteiger partial charge in [-0.3, -0.25) is 9.58 Å². The first kappa shape index (κ1) is 17.4. The molecule has 3 unspecified atom stereocenters. The molecular formula is C16H30N4O2. The molecule has 0 amide bonds. The molecule has 3 atom stereocenters. The van der Waals surface area contributed by atoms with Gasteiger partial charge < -0.3 is 9.84 Å². The van der Waals surface area contributed by atoms with Gasteiger partial charge in [-0.1, -0.05) is 26.0 Å². The molecule has 2 heterocycles. The van der Waals surface area contributed by atoms with Crippen LogP contribution in [-0.4, -0.2) is 56.9 Å². The fourth-order valence-corrected chi connectivity index (χ4v) is 3.11. The summed E-state index contributed by atoms with van der Waals surface area (Å²) in [7, 11) is 0. The monoisotopic (exact) mass is 310 g/mol. The molecule has 0 radical (unpaired) electrons. The number of aliphatic hydroxyl groups excluding tert-OH is 1. The minimum atomic E-state index is -0.0858. The van der Waals surface area contributed by atoms with E-state index in [0.717, 1.165) is 25.3 Å². The lowest BCUT2D eigenvalue weighted by Gasteiger charge is -2.36. The third kappa shape index (κ3) is 5.04. The summed E-state index contributed by atoms with van der Waals surface area (Å²) in [4.78, 5) is 2.30. The average Bonchev–Trinajstić information content (AvgIpc) is 2.87. The second-order valence-electron chi connectivity index (χ2n) is 7.08. The van der Waals surface area contributed by atoms with Crippen LogP contribution in [-0.2, 0) is 17.8 Å².